The predicted octanol–water partition coefficient (Wildman–Crippen LogP) is 11.9. The van der Waals surface area contributed by atoms with Crippen molar-refractivity contribution in [1.82, 2.24) is 9.13 Å². The van der Waals surface area contributed by atoms with E-state index in [4.69, 9.17) is 0 Å². The second-order valence-electron chi connectivity index (χ2n) is 12.2. The van der Waals surface area contributed by atoms with Crippen molar-refractivity contribution in [3.05, 3.63) is 170 Å². The molecule has 8 aromatic carbocycles. The molecule has 0 atom stereocenters. The van der Waals surface area contributed by atoms with Crippen LogP contribution in [0.15, 0.2) is 170 Å². The van der Waals surface area contributed by atoms with Crippen LogP contribution in [-0.2, 0) is 0 Å². The second kappa shape index (κ2) is 9.69. The fourth-order valence-electron chi connectivity index (χ4n) is 7.64. The highest BCUT2D eigenvalue weighted by Crippen LogP contribution is 2.41. The molecule has 214 valence electrons. The lowest BCUT2D eigenvalue weighted by atomic mass is 9.99. The molecule has 0 saturated heterocycles. The van der Waals surface area contributed by atoms with Gasteiger partial charge in [0.05, 0.1) is 27.8 Å². The first-order valence-corrected chi connectivity index (χ1v) is 15.9. The minimum atomic E-state index is 1.17. The average Bonchev–Trinajstić information content (AvgIpc) is 3.64. The number of hydrogen-bond donors (Lipinski definition) is 0. The molecule has 46 heavy (non-hydrogen) atoms. The maximum absolute atomic E-state index is 2.43. The van der Waals surface area contributed by atoms with E-state index in [-0.39, 0.29) is 0 Å². The van der Waals surface area contributed by atoms with Gasteiger partial charge in [-0.3, -0.25) is 0 Å². The molecule has 0 saturated carbocycles. The van der Waals surface area contributed by atoms with Crippen molar-refractivity contribution in [2.45, 2.75) is 0 Å². The Morgan fingerprint density at radius 3 is 1.67 bits per heavy atom. The van der Waals surface area contributed by atoms with Crippen molar-refractivity contribution >= 4 is 65.2 Å². The molecule has 0 N–H and O–H groups in total. The van der Waals surface area contributed by atoms with E-state index in [9.17, 15) is 0 Å². The molecule has 0 bridgehead atoms. The van der Waals surface area contributed by atoms with Crippen molar-refractivity contribution in [2.24, 2.45) is 0 Å². The summed E-state index contributed by atoms with van der Waals surface area (Å²) in [5.74, 6) is 0. The Bertz CT molecular complexity index is 2790. The van der Waals surface area contributed by atoms with Gasteiger partial charge >= 0.3 is 0 Å². The quantitative estimate of drug-likeness (QED) is 0.195. The van der Waals surface area contributed by atoms with E-state index >= 15 is 0 Å². The molecule has 2 heterocycles. The molecule has 0 fully saturated rings. The van der Waals surface area contributed by atoms with Gasteiger partial charge in [0.1, 0.15) is 0 Å². The number of hydrogen-bond acceptors (Lipinski definition) is 0. The van der Waals surface area contributed by atoms with Gasteiger partial charge in [-0.25, -0.2) is 0 Å². The third-order valence-electron chi connectivity index (χ3n) is 9.68. The van der Waals surface area contributed by atoms with Gasteiger partial charge in [0.15, 0.2) is 0 Å². The van der Waals surface area contributed by atoms with Crippen molar-refractivity contribution in [1.29, 1.82) is 0 Å². The summed E-state index contributed by atoms with van der Waals surface area (Å²) in [4.78, 5) is 0. The maximum atomic E-state index is 2.43. The SMILES string of the molecule is c1ccc(-n2c3ccc(-c4ccc5c(c4)c4ccccc4n5-c4cccc5ccccc45)cc3c3c4ccccc4ccc32)cc1. The third kappa shape index (κ3) is 3.59. The molecular formula is C44H28N2. The van der Waals surface area contributed by atoms with Gasteiger partial charge in [-0.15, -0.1) is 0 Å². The molecule has 0 aliphatic heterocycles. The molecule has 0 aliphatic carbocycles. The Morgan fingerprint density at radius 1 is 0.304 bits per heavy atom. The van der Waals surface area contributed by atoms with E-state index in [0.29, 0.717) is 0 Å². The van der Waals surface area contributed by atoms with Crippen LogP contribution in [0.2, 0.25) is 0 Å². The van der Waals surface area contributed by atoms with Crippen LogP contribution < -0.4 is 0 Å². The van der Waals surface area contributed by atoms with E-state index in [2.05, 4.69) is 179 Å². The molecule has 2 nitrogen and oxygen atoms in total. The number of rotatable bonds is 3. The minimum Gasteiger partial charge on any atom is -0.309 e. The lowest BCUT2D eigenvalue weighted by Gasteiger charge is -2.12. The summed E-state index contributed by atoms with van der Waals surface area (Å²) in [5.41, 5.74) is 9.70. The van der Waals surface area contributed by atoms with Crippen LogP contribution in [0, 0.1) is 0 Å². The minimum absolute atomic E-state index is 1.17. The fourth-order valence-corrected chi connectivity index (χ4v) is 7.64. The fraction of sp³-hybridized carbons (Fsp3) is 0. The van der Waals surface area contributed by atoms with E-state index < -0.39 is 0 Å². The van der Waals surface area contributed by atoms with E-state index in [1.165, 1.54) is 87.7 Å². The van der Waals surface area contributed by atoms with Gasteiger partial charge in [-0.2, -0.15) is 0 Å². The molecule has 10 aromatic rings. The van der Waals surface area contributed by atoms with Crippen LogP contribution in [0.5, 0.6) is 0 Å². The monoisotopic (exact) mass is 584 g/mol. The molecule has 0 amide bonds. The summed E-state index contributed by atoms with van der Waals surface area (Å²) in [5, 5.41) is 10.1. The van der Waals surface area contributed by atoms with E-state index in [1.54, 1.807) is 0 Å². The number of aromatic nitrogens is 2. The van der Waals surface area contributed by atoms with Crippen LogP contribution in [-0.4, -0.2) is 9.13 Å². The van der Waals surface area contributed by atoms with Crippen molar-refractivity contribution in [3.63, 3.8) is 0 Å². The highest BCUT2D eigenvalue weighted by Gasteiger charge is 2.18. The smallest absolute Gasteiger partial charge is 0.0547 e. The first kappa shape index (κ1) is 25.2. The van der Waals surface area contributed by atoms with Gasteiger partial charge in [0.25, 0.3) is 0 Å². The van der Waals surface area contributed by atoms with Gasteiger partial charge in [-0.1, -0.05) is 115 Å². The lowest BCUT2D eigenvalue weighted by Crippen LogP contribution is -1.95. The molecule has 0 radical (unpaired) electrons. The second-order valence-corrected chi connectivity index (χ2v) is 12.2. The molecule has 0 spiro atoms. The zero-order valence-electron chi connectivity index (χ0n) is 25.1. The number of benzene rings is 8. The molecule has 0 aliphatic rings. The maximum Gasteiger partial charge on any atom is 0.0547 e. The zero-order chi connectivity index (χ0) is 30.2. The number of fused-ring (bicyclic) bond motifs is 9. The topological polar surface area (TPSA) is 9.86 Å². The Kier molecular flexibility index (Phi) is 5.31. The van der Waals surface area contributed by atoms with Gasteiger partial charge < -0.3 is 9.13 Å². The van der Waals surface area contributed by atoms with Crippen molar-refractivity contribution in [2.75, 3.05) is 0 Å². The summed E-state index contributed by atoms with van der Waals surface area (Å²) in [6.45, 7) is 0. The Labute approximate surface area is 266 Å². The molecule has 2 heteroatoms. The first-order chi connectivity index (χ1) is 22.8. The Morgan fingerprint density at radius 2 is 0.870 bits per heavy atom. The van der Waals surface area contributed by atoms with Gasteiger partial charge in [0, 0.05) is 32.6 Å². The summed E-state index contributed by atoms with van der Waals surface area (Å²) < 4.78 is 4.83. The molecule has 2 aromatic heterocycles. The molecule has 0 unspecified atom stereocenters. The molecule has 10 rings (SSSR count). The van der Waals surface area contributed by atoms with Crippen LogP contribution in [0.4, 0.5) is 0 Å². The average molecular weight is 585 g/mol. The van der Waals surface area contributed by atoms with E-state index in [0.717, 1.165) is 0 Å². The van der Waals surface area contributed by atoms with E-state index in [1.807, 2.05) is 0 Å². The Balaban J connectivity index is 1.24. The summed E-state index contributed by atoms with van der Waals surface area (Å²) in [7, 11) is 0. The number of para-hydroxylation sites is 2. The largest absolute Gasteiger partial charge is 0.309 e. The number of nitrogens with zero attached hydrogens (tertiary/aromatic N) is 2. The molecular weight excluding hydrogens is 556 g/mol. The normalized spacial score (nSPS) is 11.9. The van der Waals surface area contributed by atoms with Crippen LogP contribution >= 0.6 is 0 Å². The highest BCUT2D eigenvalue weighted by atomic mass is 15.0. The Hall–Kier alpha value is -6.12. The first-order valence-electron chi connectivity index (χ1n) is 15.9. The van der Waals surface area contributed by atoms with Crippen LogP contribution in [0.25, 0.3) is 87.7 Å². The van der Waals surface area contributed by atoms with Crippen LogP contribution in [0.1, 0.15) is 0 Å². The van der Waals surface area contributed by atoms with Crippen LogP contribution in [0.3, 0.4) is 0 Å². The standard InChI is InChI=1S/C44H28N2/c1-2-14-33(15-3-1)45-42-25-23-32(28-38(42)44-35-17-7-5-12-30(35)21-26-43(44)45)31-22-24-41-37(27-31)36-18-8-9-19-40(36)46(41)39-20-10-13-29-11-4-6-16-34(29)39/h1-28H. The predicted molar refractivity (Wildman–Crippen MR) is 196 cm³/mol. The van der Waals surface area contributed by atoms with Crippen molar-refractivity contribution in [3.8, 4) is 22.5 Å². The summed E-state index contributed by atoms with van der Waals surface area (Å²) in [6, 6.07) is 62.0. The third-order valence-corrected chi connectivity index (χ3v) is 9.68. The lowest BCUT2D eigenvalue weighted by molar-refractivity contribution is 1.18. The van der Waals surface area contributed by atoms with Gasteiger partial charge in [0.2, 0.25) is 0 Å². The summed E-state index contributed by atoms with van der Waals surface area (Å²) >= 11 is 0. The summed E-state index contributed by atoms with van der Waals surface area (Å²) in [6.07, 6.45) is 0. The van der Waals surface area contributed by atoms with Gasteiger partial charge in [-0.05, 0) is 81.9 Å². The highest BCUT2D eigenvalue weighted by molar-refractivity contribution is 6.22. The zero-order valence-corrected chi connectivity index (χ0v) is 25.1. The van der Waals surface area contributed by atoms with Crippen molar-refractivity contribution < 1.29 is 0 Å².